The number of halogens is 4. The lowest BCUT2D eigenvalue weighted by atomic mass is 10.1. The molecule has 0 fully saturated rings. The maximum atomic E-state index is 12.7. The summed E-state index contributed by atoms with van der Waals surface area (Å²) in [5.74, 6) is -0.739. The molecule has 1 amide bonds. The van der Waals surface area contributed by atoms with Crippen molar-refractivity contribution in [1.82, 2.24) is 5.32 Å². The Hall–Kier alpha value is -2.37. The smallest absolute Gasteiger partial charge is 0.352 e. The number of alkyl halides is 3. The van der Waals surface area contributed by atoms with Gasteiger partial charge in [0.05, 0.1) is 12.0 Å². The van der Waals surface area contributed by atoms with Gasteiger partial charge in [0.2, 0.25) is 5.91 Å². The molecular weight excluding hydrogens is 298 g/mol. The fourth-order valence-electron chi connectivity index (χ4n) is 1.91. The summed E-state index contributed by atoms with van der Waals surface area (Å²) in [5, 5.41) is 2.54. The predicted molar refractivity (Wildman–Crippen MR) is 73.4 cm³/mol. The highest BCUT2D eigenvalue weighted by molar-refractivity contribution is 5.78. The zero-order valence-electron chi connectivity index (χ0n) is 11.5. The summed E-state index contributed by atoms with van der Waals surface area (Å²) in [7, 11) is 0. The Morgan fingerprint density at radius 1 is 1.00 bits per heavy atom. The third-order valence-corrected chi connectivity index (χ3v) is 3.02. The van der Waals surface area contributed by atoms with E-state index in [4.69, 9.17) is 0 Å². The number of hydrogen-bond acceptors (Lipinski definition) is 1. The Bertz CT molecular complexity index is 650. The van der Waals surface area contributed by atoms with Gasteiger partial charge in [0.15, 0.2) is 0 Å². The molecule has 22 heavy (non-hydrogen) atoms. The van der Waals surface area contributed by atoms with Crippen molar-refractivity contribution in [3.8, 4) is 0 Å². The van der Waals surface area contributed by atoms with Gasteiger partial charge in [0.25, 0.3) is 0 Å². The van der Waals surface area contributed by atoms with Crippen molar-refractivity contribution in [2.45, 2.75) is 19.1 Å². The molecule has 0 spiro atoms. The van der Waals surface area contributed by atoms with Crippen LogP contribution in [-0.4, -0.2) is 5.91 Å². The number of carbonyl (C=O) groups excluding carboxylic acids is 1. The van der Waals surface area contributed by atoms with Gasteiger partial charge in [-0.25, -0.2) is 4.39 Å². The van der Waals surface area contributed by atoms with E-state index in [0.29, 0.717) is 11.1 Å². The van der Waals surface area contributed by atoms with E-state index >= 15 is 0 Å². The Morgan fingerprint density at radius 2 is 1.68 bits per heavy atom. The molecule has 0 saturated heterocycles. The molecule has 0 aliphatic heterocycles. The molecule has 2 rings (SSSR count). The first-order valence-electron chi connectivity index (χ1n) is 6.52. The number of rotatable bonds is 4. The molecular formula is C16H13F4NO. The molecule has 6 heteroatoms. The highest BCUT2D eigenvalue weighted by atomic mass is 19.4. The van der Waals surface area contributed by atoms with Crippen molar-refractivity contribution < 1.29 is 22.4 Å². The molecule has 0 aromatic heterocycles. The number of benzene rings is 2. The van der Waals surface area contributed by atoms with E-state index in [0.717, 1.165) is 12.1 Å². The molecule has 0 radical (unpaired) electrons. The molecule has 116 valence electrons. The molecule has 2 nitrogen and oxygen atoms in total. The van der Waals surface area contributed by atoms with Gasteiger partial charge in [-0.3, -0.25) is 4.79 Å². The second kappa shape index (κ2) is 6.60. The Morgan fingerprint density at radius 3 is 2.32 bits per heavy atom. The van der Waals surface area contributed by atoms with Crippen LogP contribution >= 0.6 is 0 Å². The topological polar surface area (TPSA) is 29.1 Å². The van der Waals surface area contributed by atoms with Gasteiger partial charge >= 0.3 is 6.18 Å². The van der Waals surface area contributed by atoms with E-state index in [-0.39, 0.29) is 18.9 Å². The highest BCUT2D eigenvalue weighted by Gasteiger charge is 2.30. The average Bonchev–Trinajstić information content (AvgIpc) is 2.47. The molecule has 0 saturated carbocycles. The molecule has 0 heterocycles. The zero-order valence-corrected chi connectivity index (χ0v) is 11.5. The largest absolute Gasteiger partial charge is 0.416 e. The van der Waals surface area contributed by atoms with Crippen LogP contribution in [0.5, 0.6) is 0 Å². The lowest BCUT2D eigenvalue weighted by Gasteiger charge is -2.09. The molecule has 0 bridgehead atoms. The molecule has 2 aromatic carbocycles. The molecule has 2 aromatic rings. The van der Waals surface area contributed by atoms with Crippen LogP contribution in [0.3, 0.4) is 0 Å². The summed E-state index contributed by atoms with van der Waals surface area (Å²) in [4.78, 5) is 11.7. The SMILES string of the molecule is O=C(Cc1ccc(F)cc1)NCc1cccc(C(F)(F)F)c1. The first-order valence-corrected chi connectivity index (χ1v) is 6.52. The first kappa shape index (κ1) is 16.0. The number of hydrogen-bond donors (Lipinski definition) is 1. The summed E-state index contributed by atoms with van der Waals surface area (Å²) < 4.78 is 50.4. The van der Waals surface area contributed by atoms with Crippen molar-refractivity contribution in [2.24, 2.45) is 0 Å². The molecule has 0 aliphatic rings. The fourth-order valence-corrected chi connectivity index (χ4v) is 1.91. The van der Waals surface area contributed by atoms with Gasteiger partial charge in [0, 0.05) is 6.54 Å². The normalized spacial score (nSPS) is 11.3. The van der Waals surface area contributed by atoms with Crippen LogP contribution in [0.15, 0.2) is 48.5 Å². The standard InChI is InChI=1S/C16H13F4NO/c17-14-6-4-11(5-7-14)9-15(22)21-10-12-2-1-3-13(8-12)16(18,19)20/h1-8H,9-10H2,(H,21,22). The van der Waals surface area contributed by atoms with Crippen LogP contribution in [0.1, 0.15) is 16.7 Å². The molecule has 0 atom stereocenters. The van der Waals surface area contributed by atoms with Gasteiger partial charge < -0.3 is 5.32 Å². The van der Waals surface area contributed by atoms with Gasteiger partial charge in [-0.05, 0) is 35.4 Å². The van der Waals surface area contributed by atoms with Gasteiger partial charge in [-0.1, -0.05) is 24.3 Å². The van der Waals surface area contributed by atoms with Crippen LogP contribution in [0.2, 0.25) is 0 Å². The van der Waals surface area contributed by atoms with Crippen LogP contribution in [0.25, 0.3) is 0 Å². The van der Waals surface area contributed by atoms with E-state index < -0.39 is 17.6 Å². The lowest BCUT2D eigenvalue weighted by Crippen LogP contribution is -2.24. The van der Waals surface area contributed by atoms with Crippen LogP contribution in [0, 0.1) is 5.82 Å². The van der Waals surface area contributed by atoms with Gasteiger partial charge in [-0.2, -0.15) is 13.2 Å². The summed E-state index contributed by atoms with van der Waals surface area (Å²) in [6, 6.07) is 10.2. The summed E-state index contributed by atoms with van der Waals surface area (Å²) >= 11 is 0. The van der Waals surface area contributed by atoms with Crippen LogP contribution < -0.4 is 5.32 Å². The molecule has 0 unspecified atom stereocenters. The van der Waals surface area contributed by atoms with E-state index in [1.165, 1.54) is 36.4 Å². The Balaban J connectivity index is 1.92. The fraction of sp³-hybridized carbons (Fsp3) is 0.188. The van der Waals surface area contributed by atoms with Crippen LogP contribution in [-0.2, 0) is 23.9 Å². The Kier molecular flexibility index (Phi) is 4.80. The summed E-state index contributed by atoms with van der Waals surface area (Å²) in [5.41, 5.74) is 0.239. The molecule has 1 N–H and O–H groups in total. The van der Waals surface area contributed by atoms with Crippen LogP contribution in [0.4, 0.5) is 17.6 Å². The third-order valence-electron chi connectivity index (χ3n) is 3.02. The summed E-state index contributed by atoms with van der Waals surface area (Å²) in [6.07, 6.45) is -4.37. The van der Waals surface area contributed by atoms with E-state index in [1.54, 1.807) is 0 Å². The van der Waals surface area contributed by atoms with Crippen molar-refractivity contribution in [1.29, 1.82) is 0 Å². The van der Waals surface area contributed by atoms with Crippen molar-refractivity contribution in [3.63, 3.8) is 0 Å². The second-order valence-electron chi connectivity index (χ2n) is 4.78. The quantitative estimate of drug-likeness (QED) is 0.857. The van der Waals surface area contributed by atoms with Crippen molar-refractivity contribution in [3.05, 3.63) is 71.0 Å². The second-order valence-corrected chi connectivity index (χ2v) is 4.78. The van der Waals surface area contributed by atoms with E-state index in [1.807, 2.05) is 0 Å². The van der Waals surface area contributed by atoms with Crippen molar-refractivity contribution in [2.75, 3.05) is 0 Å². The van der Waals surface area contributed by atoms with E-state index in [9.17, 15) is 22.4 Å². The van der Waals surface area contributed by atoms with E-state index in [2.05, 4.69) is 5.32 Å². The maximum absolute atomic E-state index is 12.7. The minimum absolute atomic E-state index is 0.00392. The zero-order chi connectivity index (χ0) is 16.2. The monoisotopic (exact) mass is 311 g/mol. The summed E-state index contributed by atoms with van der Waals surface area (Å²) in [6.45, 7) is 0.00392. The molecule has 0 aliphatic carbocycles. The number of nitrogens with one attached hydrogen (secondary N) is 1. The van der Waals surface area contributed by atoms with Gasteiger partial charge in [0.1, 0.15) is 5.82 Å². The maximum Gasteiger partial charge on any atom is 0.416 e. The van der Waals surface area contributed by atoms with Crippen molar-refractivity contribution >= 4 is 5.91 Å². The number of carbonyl (C=O) groups is 1. The third kappa shape index (κ3) is 4.58. The first-order chi connectivity index (χ1) is 10.3. The minimum Gasteiger partial charge on any atom is -0.352 e. The number of amides is 1. The van der Waals surface area contributed by atoms with Gasteiger partial charge in [-0.15, -0.1) is 0 Å². The lowest BCUT2D eigenvalue weighted by molar-refractivity contribution is -0.137. The average molecular weight is 311 g/mol. The minimum atomic E-state index is -4.41. The Labute approximate surface area is 124 Å². The highest BCUT2D eigenvalue weighted by Crippen LogP contribution is 2.29. The predicted octanol–water partition coefficient (Wildman–Crippen LogP) is 3.70.